The molecule has 1 nitrogen and oxygen atoms in total. The van der Waals surface area contributed by atoms with Gasteiger partial charge in [-0.15, -0.1) is 0 Å². The molecule has 0 aromatic heterocycles. The number of anilines is 1. The minimum atomic E-state index is 0.197. The van der Waals surface area contributed by atoms with Crippen molar-refractivity contribution in [1.82, 2.24) is 0 Å². The van der Waals surface area contributed by atoms with E-state index in [1.54, 1.807) is 5.56 Å². The van der Waals surface area contributed by atoms with Gasteiger partial charge in [0.25, 0.3) is 0 Å². The first-order valence-electron chi connectivity index (χ1n) is 6.22. The van der Waals surface area contributed by atoms with Crippen LogP contribution in [0.25, 0.3) is 0 Å². The van der Waals surface area contributed by atoms with Gasteiger partial charge in [-0.1, -0.05) is 20.8 Å². The SMILES string of the molecule is Cc1cc(N)c(C)c(C(C)(C)C)c1C1CC1. The van der Waals surface area contributed by atoms with E-state index >= 15 is 0 Å². The van der Waals surface area contributed by atoms with Gasteiger partial charge < -0.3 is 5.73 Å². The van der Waals surface area contributed by atoms with Crippen LogP contribution in [0.15, 0.2) is 6.07 Å². The number of nitrogen functional groups attached to an aromatic ring is 1. The molecule has 1 saturated carbocycles. The van der Waals surface area contributed by atoms with Gasteiger partial charge in [0.15, 0.2) is 0 Å². The molecule has 88 valence electrons. The predicted molar refractivity (Wildman–Crippen MR) is 71.0 cm³/mol. The third-order valence-corrected chi connectivity index (χ3v) is 3.61. The Bertz CT molecular complexity index is 420. The summed E-state index contributed by atoms with van der Waals surface area (Å²) in [6.07, 6.45) is 2.71. The van der Waals surface area contributed by atoms with Crippen molar-refractivity contribution < 1.29 is 0 Å². The third kappa shape index (κ3) is 1.83. The molecule has 0 heterocycles. The molecule has 0 saturated heterocycles. The van der Waals surface area contributed by atoms with Gasteiger partial charge in [-0.05, 0) is 66.3 Å². The van der Waals surface area contributed by atoms with Crippen molar-refractivity contribution in [2.45, 2.75) is 58.8 Å². The van der Waals surface area contributed by atoms with E-state index in [1.165, 1.54) is 29.5 Å². The topological polar surface area (TPSA) is 26.0 Å². The molecule has 1 aliphatic rings. The van der Waals surface area contributed by atoms with E-state index in [0.717, 1.165) is 11.6 Å². The first-order valence-corrected chi connectivity index (χ1v) is 6.22. The number of benzene rings is 1. The molecule has 2 rings (SSSR count). The predicted octanol–water partition coefficient (Wildman–Crippen LogP) is 4.06. The van der Waals surface area contributed by atoms with E-state index in [2.05, 4.69) is 40.7 Å². The monoisotopic (exact) mass is 217 g/mol. The minimum Gasteiger partial charge on any atom is -0.398 e. The molecule has 1 fully saturated rings. The molecule has 1 aromatic rings. The summed E-state index contributed by atoms with van der Waals surface area (Å²) in [6.45, 7) is 11.3. The summed E-state index contributed by atoms with van der Waals surface area (Å²) < 4.78 is 0. The molecule has 0 radical (unpaired) electrons. The molecule has 0 unspecified atom stereocenters. The fraction of sp³-hybridized carbons (Fsp3) is 0.600. The zero-order chi connectivity index (χ0) is 12.1. The van der Waals surface area contributed by atoms with Crippen molar-refractivity contribution >= 4 is 5.69 Å². The van der Waals surface area contributed by atoms with Crippen LogP contribution in [0.3, 0.4) is 0 Å². The summed E-state index contributed by atoms with van der Waals surface area (Å²) in [5, 5.41) is 0. The van der Waals surface area contributed by atoms with Gasteiger partial charge in [-0.25, -0.2) is 0 Å². The third-order valence-electron chi connectivity index (χ3n) is 3.61. The Balaban J connectivity index is 2.70. The average Bonchev–Trinajstić information content (AvgIpc) is 2.91. The van der Waals surface area contributed by atoms with Crippen molar-refractivity contribution in [2.75, 3.05) is 5.73 Å². The van der Waals surface area contributed by atoms with Crippen molar-refractivity contribution in [2.24, 2.45) is 0 Å². The summed E-state index contributed by atoms with van der Waals surface area (Å²) in [6, 6.07) is 2.15. The molecule has 0 amide bonds. The maximum Gasteiger partial charge on any atom is 0.0349 e. The molecule has 0 bridgehead atoms. The van der Waals surface area contributed by atoms with Crippen LogP contribution in [-0.2, 0) is 5.41 Å². The normalized spacial score (nSPS) is 16.6. The van der Waals surface area contributed by atoms with Gasteiger partial charge in [-0.3, -0.25) is 0 Å². The Hall–Kier alpha value is -0.980. The van der Waals surface area contributed by atoms with Gasteiger partial charge in [-0.2, -0.15) is 0 Å². The maximum atomic E-state index is 6.11. The number of hydrogen-bond acceptors (Lipinski definition) is 1. The quantitative estimate of drug-likeness (QED) is 0.705. The highest BCUT2D eigenvalue weighted by Crippen LogP contribution is 2.47. The van der Waals surface area contributed by atoms with Gasteiger partial charge in [0.05, 0.1) is 0 Å². The summed E-state index contributed by atoms with van der Waals surface area (Å²) in [4.78, 5) is 0. The molecule has 1 aromatic carbocycles. The number of aryl methyl sites for hydroxylation is 1. The van der Waals surface area contributed by atoms with E-state index in [-0.39, 0.29) is 5.41 Å². The Labute approximate surface area is 99.0 Å². The van der Waals surface area contributed by atoms with Crippen molar-refractivity contribution in [3.8, 4) is 0 Å². The van der Waals surface area contributed by atoms with Crippen molar-refractivity contribution in [1.29, 1.82) is 0 Å². The van der Waals surface area contributed by atoms with Crippen LogP contribution in [0.1, 0.15) is 61.8 Å². The number of hydrogen-bond donors (Lipinski definition) is 1. The lowest BCUT2D eigenvalue weighted by atomic mass is 9.77. The van der Waals surface area contributed by atoms with Gasteiger partial charge in [0.1, 0.15) is 0 Å². The second-order valence-corrected chi connectivity index (χ2v) is 6.22. The van der Waals surface area contributed by atoms with Crippen LogP contribution in [0, 0.1) is 13.8 Å². The summed E-state index contributed by atoms with van der Waals surface area (Å²) in [5.74, 6) is 0.800. The van der Waals surface area contributed by atoms with E-state index in [1.807, 2.05) is 0 Å². The maximum absolute atomic E-state index is 6.11. The molecule has 16 heavy (non-hydrogen) atoms. The molecule has 2 N–H and O–H groups in total. The lowest BCUT2D eigenvalue weighted by Gasteiger charge is -2.28. The van der Waals surface area contributed by atoms with E-state index in [4.69, 9.17) is 5.73 Å². The highest BCUT2D eigenvalue weighted by Gasteiger charge is 2.32. The van der Waals surface area contributed by atoms with Crippen molar-refractivity contribution in [3.05, 3.63) is 28.3 Å². The summed E-state index contributed by atoms with van der Waals surface area (Å²) in [5.41, 5.74) is 13.0. The Morgan fingerprint density at radius 1 is 1.19 bits per heavy atom. The first kappa shape index (κ1) is 11.5. The smallest absolute Gasteiger partial charge is 0.0349 e. The lowest BCUT2D eigenvalue weighted by Crippen LogP contribution is -2.18. The Morgan fingerprint density at radius 3 is 2.19 bits per heavy atom. The largest absolute Gasteiger partial charge is 0.398 e. The van der Waals surface area contributed by atoms with E-state index in [0.29, 0.717) is 0 Å². The number of nitrogens with two attached hydrogens (primary N) is 1. The molecule has 1 aliphatic carbocycles. The molecule has 0 aliphatic heterocycles. The molecule has 0 spiro atoms. The van der Waals surface area contributed by atoms with Crippen LogP contribution < -0.4 is 5.73 Å². The van der Waals surface area contributed by atoms with E-state index in [9.17, 15) is 0 Å². The standard InChI is InChI=1S/C15H23N/c1-9-8-12(16)10(2)14(15(3,4)5)13(9)11-6-7-11/h8,11H,6-7,16H2,1-5H3. The van der Waals surface area contributed by atoms with Crippen molar-refractivity contribution in [3.63, 3.8) is 0 Å². The molecule has 1 heteroatoms. The Kier molecular flexibility index (Phi) is 2.52. The Morgan fingerprint density at radius 2 is 1.75 bits per heavy atom. The highest BCUT2D eigenvalue weighted by molar-refractivity contribution is 5.60. The second kappa shape index (κ2) is 3.51. The number of rotatable bonds is 1. The van der Waals surface area contributed by atoms with E-state index < -0.39 is 0 Å². The van der Waals surface area contributed by atoms with Crippen LogP contribution in [0.5, 0.6) is 0 Å². The first-order chi connectivity index (χ1) is 7.32. The summed E-state index contributed by atoms with van der Waals surface area (Å²) in [7, 11) is 0. The zero-order valence-corrected chi connectivity index (χ0v) is 11.1. The van der Waals surface area contributed by atoms with Gasteiger partial charge in [0, 0.05) is 5.69 Å². The summed E-state index contributed by atoms with van der Waals surface area (Å²) >= 11 is 0. The van der Waals surface area contributed by atoms with Crippen LogP contribution in [0.2, 0.25) is 0 Å². The highest BCUT2D eigenvalue weighted by atomic mass is 14.6. The second-order valence-electron chi connectivity index (χ2n) is 6.22. The lowest BCUT2D eigenvalue weighted by molar-refractivity contribution is 0.578. The van der Waals surface area contributed by atoms with Crippen LogP contribution >= 0.6 is 0 Å². The van der Waals surface area contributed by atoms with Crippen LogP contribution in [0.4, 0.5) is 5.69 Å². The van der Waals surface area contributed by atoms with Gasteiger partial charge in [0.2, 0.25) is 0 Å². The zero-order valence-electron chi connectivity index (χ0n) is 11.1. The molecular formula is C15H23N. The van der Waals surface area contributed by atoms with Gasteiger partial charge >= 0.3 is 0 Å². The minimum absolute atomic E-state index is 0.197. The fourth-order valence-electron chi connectivity index (χ4n) is 2.83. The molecule has 0 atom stereocenters. The van der Waals surface area contributed by atoms with Crippen LogP contribution in [-0.4, -0.2) is 0 Å². The molecular weight excluding hydrogens is 194 g/mol. The fourth-order valence-corrected chi connectivity index (χ4v) is 2.83. The average molecular weight is 217 g/mol.